The summed E-state index contributed by atoms with van der Waals surface area (Å²) >= 11 is 0. The Balaban J connectivity index is 1.86. The molecule has 110 valence electrons. The van der Waals surface area contributed by atoms with Crippen molar-refractivity contribution in [3.63, 3.8) is 0 Å². The summed E-state index contributed by atoms with van der Waals surface area (Å²) in [6.45, 7) is 6.40. The molecule has 2 rings (SSSR count). The normalized spacial score (nSPS) is 33.4. The van der Waals surface area contributed by atoms with Crippen LogP contribution in [0.1, 0.15) is 26.2 Å². The highest BCUT2D eigenvalue weighted by Crippen LogP contribution is 2.29. The van der Waals surface area contributed by atoms with E-state index in [0.29, 0.717) is 12.5 Å². The van der Waals surface area contributed by atoms with E-state index in [-0.39, 0.29) is 24.5 Å². The van der Waals surface area contributed by atoms with Gasteiger partial charge in [-0.3, -0.25) is 9.69 Å². The highest BCUT2D eigenvalue weighted by Gasteiger charge is 2.35. The number of nitrogens with zero attached hydrogens (tertiary/aromatic N) is 2. The van der Waals surface area contributed by atoms with Crippen LogP contribution >= 0.6 is 0 Å². The van der Waals surface area contributed by atoms with E-state index in [2.05, 4.69) is 11.8 Å². The molecule has 0 bridgehead atoms. The SMILES string of the molecule is CC1CCC(N)C(C(=O)N2CCN(CCO)CC2)C1. The van der Waals surface area contributed by atoms with Gasteiger partial charge in [0, 0.05) is 38.8 Å². The van der Waals surface area contributed by atoms with Crippen LogP contribution < -0.4 is 5.73 Å². The highest BCUT2D eigenvalue weighted by molar-refractivity contribution is 5.79. The average Bonchev–Trinajstić information content (AvgIpc) is 2.42. The van der Waals surface area contributed by atoms with Gasteiger partial charge in [-0.1, -0.05) is 6.92 Å². The van der Waals surface area contributed by atoms with Gasteiger partial charge < -0.3 is 15.7 Å². The Morgan fingerprint density at radius 1 is 1.26 bits per heavy atom. The fraction of sp³-hybridized carbons (Fsp3) is 0.929. The number of hydrogen-bond donors (Lipinski definition) is 2. The van der Waals surface area contributed by atoms with E-state index in [9.17, 15) is 4.79 Å². The predicted molar refractivity (Wildman–Crippen MR) is 74.6 cm³/mol. The molecular weight excluding hydrogens is 242 g/mol. The maximum Gasteiger partial charge on any atom is 0.227 e. The Hall–Kier alpha value is -0.650. The lowest BCUT2D eigenvalue weighted by molar-refractivity contribution is -0.139. The monoisotopic (exact) mass is 269 g/mol. The molecular formula is C14H27N3O2. The summed E-state index contributed by atoms with van der Waals surface area (Å²) in [6, 6.07) is 0.0409. The molecule has 0 aromatic rings. The van der Waals surface area contributed by atoms with Gasteiger partial charge in [0.1, 0.15) is 0 Å². The summed E-state index contributed by atoms with van der Waals surface area (Å²) in [6.07, 6.45) is 3.06. The molecule has 2 aliphatic rings. The van der Waals surface area contributed by atoms with E-state index in [1.165, 1.54) is 0 Å². The number of aliphatic hydroxyl groups excluding tert-OH is 1. The van der Waals surface area contributed by atoms with Crippen LogP contribution in [0, 0.1) is 11.8 Å². The molecule has 1 saturated heterocycles. The van der Waals surface area contributed by atoms with Gasteiger partial charge >= 0.3 is 0 Å². The molecule has 1 amide bonds. The van der Waals surface area contributed by atoms with Crippen LogP contribution in [0.3, 0.4) is 0 Å². The highest BCUT2D eigenvalue weighted by atomic mass is 16.3. The van der Waals surface area contributed by atoms with Gasteiger partial charge in [-0.2, -0.15) is 0 Å². The number of carbonyl (C=O) groups excluding carboxylic acids is 1. The van der Waals surface area contributed by atoms with E-state index in [1.807, 2.05) is 4.90 Å². The fourth-order valence-corrected chi connectivity index (χ4v) is 3.26. The van der Waals surface area contributed by atoms with E-state index >= 15 is 0 Å². The van der Waals surface area contributed by atoms with Crippen molar-refractivity contribution in [3.05, 3.63) is 0 Å². The summed E-state index contributed by atoms with van der Waals surface area (Å²) in [7, 11) is 0. The first-order valence-electron chi connectivity index (χ1n) is 7.49. The molecule has 5 nitrogen and oxygen atoms in total. The topological polar surface area (TPSA) is 69.8 Å². The van der Waals surface area contributed by atoms with E-state index in [1.54, 1.807) is 0 Å². The van der Waals surface area contributed by atoms with Crippen LogP contribution in [0.4, 0.5) is 0 Å². The second-order valence-corrected chi connectivity index (χ2v) is 6.08. The van der Waals surface area contributed by atoms with E-state index < -0.39 is 0 Å². The number of aliphatic hydroxyl groups is 1. The lowest BCUT2D eigenvalue weighted by atomic mass is 9.78. The fourth-order valence-electron chi connectivity index (χ4n) is 3.26. The van der Waals surface area contributed by atoms with Crippen molar-refractivity contribution in [3.8, 4) is 0 Å². The lowest BCUT2D eigenvalue weighted by Crippen LogP contribution is -2.54. The van der Waals surface area contributed by atoms with Crippen LogP contribution in [-0.2, 0) is 4.79 Å². The summed E-state index contributed by atoms with van der Waals surface area (Å²) in [5, 5.41) is 8.92. The largest absolute Gasteiger partial charge is 0.395 e. The summed E-state index contributed by atoms with van der Waals surface area (Å²) in [5.41, 5.74) is 6.13. The van der Waals surface area contributed by atoms with Crippen molar-refractivity contribution in [2.45, 2.75) is 32.2 Å². The molecule has 3 unspecified atom stereocenters. The second kappa shape index (κ2) is 6.68. The van der Waals surface area contributed by atoms with Gasteiger partial charge in [-0.25, -0.2) is 0 Å². The smallest absolute Gasteiger partial charge is 0.227 e. The first-order valence-corrected chi connectivity index (χ1v) is 7.49. The van der Waals surface area contributed by atoms with E-state index in [4.69, 9.17) is 10.8 Å². The van der Waals surface area contributed by atoms with Gasteiger partial charge in [0.05, 0.1) is 12.5 Å². The number of carbonyl (C=O) groups is 1. The maximum absolute atomic E-state index is 12.6. The van der Waals surface area contributed by atoms with Gasteiger partial charge in [-0.05, 0) is 25.2 Å². The number of β-amino-alcohol motifs (C(OH)–C–C–N with tert-alkyl or cyclic N) is 1. The maximum atomic E-state index is 12.6. The zero-order valence-electron chi connectivity index (χ0n) is 11.9. The number of hydrogen-bond acceptors (Lipinski definition) is 4. The van der Waals surface area contributed by atoms with Gasteiger partial charge in [-0.15, -0.1) is 0 Å². The average molecular weight is 269 g/mol. The third kappa shape index (κ3) is 3.68. The third-order valence-corrected chi connectivity index (χ3v) is 4.58. The number of amides is 1. The molecule has 3 atom stereocenters. The number of nitrogens with two attached hydrogens (primary N) is 1. The van der Waals surface area contributed by atoms with Gasteiger partial charge in [0.25, 0.3) is 0 Å². The van der Waals surface area contributed by atoms with Gasteiger partial charge in [0.2, 0.25) is 5.91 Å². The molecule has 0 aromatic carbocycles. The van der Waals surface area contributed by atoms with Crippen LogP contribution in [0.5, 0.6) is 0 Å². The Bertz CT molecular complexity index is 303. The lowest BCUT2D eigenvalue weighted by Gasteiger charge is -2.39. The molecule has 1 aliphatic carbocycles. The van der Waals surface area contributed by atoms with Crippen LogP contribution in [0.25, 0.3) is 0 Å². The predicted octanol–water partition coefficient (Wildman–Crippen LogP) is -0.114. The van der Waals surface area contributed by atoms with Crippen LogP contribution in [-0.4, -0.2) is 66.2 Å². The van der Waals surface area contributed by atoms with Crippen molar-refractivity contribution in [2.24, 2.45) is 17.6 Å². The quantitative estimate of drug-likeness (QED) is 0.750. The molecule has 0 radical (unpaired) electrons. The minimum atomic E-state index is 0.0214. The summed E-state index contributed by atoms with van der Waals surface area (Å²) < 4.78 is 0. The molecule has 1 heterocycles. The van der Waals surface area contributed by atoms with E-state index in [0.717, 1.165) is 45.4 Å². The molecule has 0 spiro atoms. The van der Waals surface area contributed by atoms with Crippen molar-refractivity contribution in [2.75, 3.05) is 39.3 Å². The van der Waals surface area contributed by atoms with Crippen molar-refractivity contribution >= 4 is 5.91 Å². The minimum absolute atomic E-state index is 0.0214. The summed E-state index contributed by atoms with van der Waals surface area (Å²) in [4.78, 5) is 16.7. The van der Waals surface area contributed by atoms with Crippen LogP contribution in [0.2, 0.25) is 0 Å². The zero-order valence-corrected chi connectivity index (χ0v) is 11.9. The molecule has 1 saturated carbocycles. The first kappa shape index (κ1) is 14.8. The van der Waals surface area contributed by atoms with Crippen molar-refractivity contribution < 1.29 is 9.90 Å². The Labute approximate surface area is 115 Å². The molecule has 0 aromatic heterocycles. The molecule has 5 heteroatoms. The Morgan fingerprint density at radius 2 is 1.95 bits per heavy atom. The molecule has 1 aliphatic heterocycles. The van der Waals surface area contributed by atoms with Crippen molar-refractivity contribution in [1.29, 1.82) is 0 Å². The first-order chi connectivity index (χ1) is 9.11. The summed E-state index contributed by atoms with van der Waals surface area (Å²) in [5.74, 6) is 0.889. The second-order valence-electron chi connectivity index (χ2n) is 6.08. The standard InChI is InChI=1S/C14H27N3O2/c1-11-2-3-13(15)12(10-11)14(19)17-6-4-16(5-7-17)8-9-18/h11-13,18H,2-10,15H2,1H3. The molecule has 3 N–H and O–H groups in total. The zero-order chi connectivity index (χ0) is 13.8. The minimum Gasteiger partial charge on any atom is -0.395 e. The number of rotatable bonds is 3. The Kier molecular flexibility index (Phi) is 5.19. The van der Waals surface area contributed by atoms with Crippen molar-refractivity contribution in [1.82, 2.24) is 9.80 Å². The molecule has 2 fully saturated rings. The Morgan fingerprint density at radius 3 is 2.58 bits per heavy atom. The molecule has 19 heavy (non-hydrogen) atoms. The van der Waals surface area contributed by atoms with Gasteiger partial charge in [0.15, 0.2) is 0 Å². The third-order valence-electron chi connectivity index (χ3n) is 4.58. The number of piperazine rings is 1. The van der Waals surface area contributed by atoms with Crippen LogP contribution in [0.15, 0.2) is 0 Å².